The van der Waals surface area contributed by atoms with E-state index in [1.54, 1.807) is 6.20 Å². The van der Waals surface area contributed by atoms with Crippen LogP contribution in [0.15, 0.2) is 30.5 Å². The Morgan fingerprint density at radius 1 is 1.40 bits per heavy atom. The monoisotopic (exact) mass is 291 g/mol. The molecule has 0 atom stereocenters. The molecule has 4 nitrogen and oxygen atoms in total. The van der Waals surface area contributed by atoms with Crippen molar-refractivity contribution in [3.8, 4) is 5.75 Å². The predicted molar refractivity (Wildman–Crippen MR) is 78.5 cm³/mol. The Bertz CT molecular complexity index is 580. The normalized spacial score (nSPS) is 10.4. The van der Waals surface area contributed by atoms with Crippen molar-refractivity contribution in [2.45, 2.75) is 26.2 Å². The third-order valence-corrected chi connectivity index (χ3v) is 3.91. The third kappa shape index (κ3) is 4.06. The van der Waals surface area contributed by atoms with Gasteiger partial charge in [-0.05, 0) is 18.1 Å². The number of rotatable bonds is 7. The zero-order chi connectivity index (χ0) is 14.4. The zero-order valence-corrected chi connectivity index (χ0v) is 12.2. The number of carbonyl (C=O) groups is 1. The molecule has 0 saturated heterocycles. The number of carboxylic acid groups (broad SMARTS) is 1. The molecule has 0 saturated carbocycles. The van der Waals surface area contributed by atoms with E-state index in [-0.39, 0.29) is 6.42 Å². The van der Waals surface area contributed by atoms with Gasteiger partial charge >= 0.3 is 5.97 Å². The van der Waals surface area contributed by atoms with Crippen molar-refractivity contribution in [2.24, 2.45) is 0 Å². The molecule has 0 spiro atoms. The molecule has 20 heavy (non-hydrogen) atoms. The van der Waals surface area contributed by atoms with Crippen LogP contribution in [0.1, 0.15) is 22.4 Å². The molecular formula is C15H17NO3S. The number of hydrogen-bond acceptors (Lipinski definition) is 4. The van der Waals surface area contributed by atoms with Crippen LogP contribution in [0.4, 0.5) is 0 Å². The minimum Gasteiger partial charge on any atom is -0.493 e. The number of benzene rings is 1. The Hall–Kier alpha value is -1.88. The van der Waals surface area contributed by atoms with Crippen molar-refractivity contribution in [2.75, 3.05) is 6.61 Å². The SMILES string of the molecule is CCc1ccccc1OCCc1ncc(CC(=O)O)s1. The van der Waals surface area contributed by atoms with Crippen LogP contribution in [0.2, 0.25) is 0 Å². The summed E-state index contributed by atoms with van der Waals surface area (Å²) >= 11 is 1.43. The highest BCUT2D eigenvalue weighted by Crippen LogP contribution is 2.19. The van der Waals surface area contributed by atoms with Crippen molar-refractivity contribution in [3.05, 3.63) is 45.9 Å². The summed E-state index contributed by atoms with van der Waals surface area (Å²) in [6, 6.07) is 7.99. The molecule has 0 aliphatic heterocycles. The van der Waals surface area contributed by atoms with Gasteiger partial charge in [0.1, 0.15) is 5.75 Å². The van der Waals surface area contributed by atoms with Crippen LogP contribution in [0.5, 0.6) is 5.75 Å². The molecular weight excluding hydrogens is 274 g/mol. The quantitative estimate of drug-likeness (QED) is 0.852. The number of para-hydroxylation sites is 1. The molecule has 0 aliphatic rings. The highest BCUT2D eigenvalue weighted by molar-refractivity contribution is 7.11. The van der Waals surface area contributed by atoms with Gasteiger partial charge in [-0.25, -0.2) is 4.98 Å². The first-order valence-corrected chi connectivity index (χ1v) is 7.36. The van der Waals surface area contributed by atoms with Crippen LogP contribution < -0.4 is 4.74 Å². The van der Waals surface area contributed by atoms with Gasteiger partial charge in [-0.15, -0.1) is 11.3 Å². The highest BCUT2D eigenvalue weighted by atomic mass is 32.1. The second kappa shape index (κ2) is 7.05. The van der Waals surface area contributed by atoms with Crippen LogP contribution in [-0.2, 0) is 24.1 Å². The highest BCUT2D eigenvalue weighted by Gasteiger charge is 2.07. The fourth-order valence-electron chi connectivity index (χ4n) is 1.88. The molecule has 2 rings (SSSR count). The summed E-state index contributed by atoms with van der Waals surface area (Å²) in [6.45, 7) is 2.65. The topological polar surface area (TPSA) is 59.4 Å². The second-order valence-electron chi connectivity index (χ2n) is 4.35. The minimum atomic E-state index is -0.826. The Morgan fingerprint density at radius 2 is 2.20 bits per heavy atom. The molecule has 0 amide bonds. The largest absolute Gasteiger partial charge is 0.493 e. The molecule has 0 bridgehead atoms. The number of hydrogen-bond donors (Lipinski definition) is 1. The average molecular weight is 291 g/mol. The Balaban J connectivity index is 1.86. The number of ether oxygens (including phenoxy) is 1. The van der Waals surface area contributed by atoms with Gasteiger partial charge in [0.05, 0.1) is 18.0 Å². The molecule has 1 heterocycles. The van der Waals surface area contributed by atoms with Gasteiger partial charge in [-0.3, -0.25) is 4.79 Å². The van der Waals surface area contributed by atoms with Crippen LogP contribution in [0, 0.1) is 0 Å². The molecule has 0 fully saturated rings. The van der Waals surface area contributed by atoms with Gasteiger partial charge in [0.2, 0.25) is 0 Å². The van der Waals surface area contributed by atoms with E-state index in [1.165, 1.54) is 16.9 Å². The van der Waals surface area contributed by atoms with E-state index in [1.807, 2.05) is 18.2 Å². The third-order valence-electron chi connectivity index (χ3n) is 2.85. The van der Waals surface area contributed by atoms with Gasteiger partial charge in [-0.2, -0.15) is 0 Å². The van der Waals surface area contributed by atoms with Gasteiger partial charge in [-0.1, -0.05) is 25.1 Å². The fraction of sp³-hybridized carbons (Fsp3) is 0.333. The molecule has 1 aromatic carbocycles. The summed E-state index contributed by atoms with van der Waals surface area (Å²) in [5.74, 6) is 0.0886. The summed E-state index contributed by atoms with van der Waals surface area (Å²) in [4.78, 5) is 15.6. The molecule has 2 aromatic rings. The van der Waals surface area contributed by atoms with Gasteiger partial charge in [0, 0.05) is 17.5 Å². The van der Waals surface area contributed by atoms with E-state index in [0.29, 0.717) is 13.0 Å². The predicted octanol–water partition coefficient (Wildman–Crippen LogP) is 2.95. The van der Waals surface area contributed by atoms with Crippen molar-refractivity contribution in [1.82, 2.24) is 4.98 Å². The molecule has 0 radical (unpaired) electrons. The van der Waals surface area contributed by atoms with Crippen molar-refractivity contribution in [1.29, 1.82) is 0 Å². The first-order chi connectivity index (χ1) is 9.69. The molecule has 1 aromatic heterocycles. The summed E-state index contributed by atoms with van der Waals surface area (Å²) in [5.41, 5.74) is 1.19. The molecule has 1 N–H and O–H groups in total. The summed E-state index contributed by atoms with van der Waals surface area (Å²) in [5, 5.41) is 9.63. The fourth-order valence-corrected chi connectivity index (χ4v) is 2.77. The number of aromatic nitrogens is 1. The lowest BCUT2D eigenvalue weighted by molar-refractivity contribution is -0.136. The lowest BCUT2D eigenvalue weighted by Crippen LogP contribution is -2.02. The maximum absolute atomic E-state index is 10.6. The van der Waals surface area contributed by atoms with Crippen LogP contribution >= 0.6 is 11.3 Å². The Morgan fingerprint density at radius 3 is 2.95 bits per heavy atom. The first kappa shape index (κ1) is 14.5. The van der Waals surface area contributed by atoms with Crippen molar-refractivity contribution in [3.63, 3.8) is 0 Å². The first-order valence-electron chi connectivity index (χ1n) is 6.55. The van der Waals surface area contributed by atoms with Crippen LogP contribution in [0.3, 0.4) is 0 Å². The molecule has 0 unspecified atom stereocenters. The number of aliphatic carboxylic acids is 1. The summed E-state index contributed by atoms with van der Waals surface area (Å²) < 4.78 is 5.77. The average Bonchev–Trinajstić information content (AvgIpc) is 2.86. The summed E-state index contributed by atoms with van der Waals surface area (Å²) in [7, 11) is 0. The molecule has 0 aliphatic carbocycles. The van der Waals surface area contributed by atoms with Crippen molar-refractivity contribution >= 4 is 17.3 Å². The lowest BCUT2D eigenvalue weighted by atomic mass is 10.1. The minimum absolute atomic E-state index is 0.0389. The van der Waals surface area contributed by atoms with E-state index in [2.05, 4.69) is 18.0 Å². The van der Waals surface area contributed by atoms with E-state index in [0.717, 1.165) is 22.1 Å². The molecule has 106 valence electrons. The van der Waals surface area contributed by atoms with Gasteiger partial charge in [0.25, 0.3) is 0 Å². The Labute approximate surface area is 122 Å². The number of thiazole rings is 1. The van der Waals surface area contributed by atoms with Crippen LogP contribution in [-0.4, -0.2) is 22.7 Å². The number of carboxylic acids is 1. The van der Waals surface area contributed by atoms with Gasteiger partial charge in [0.15, 0.2) is 0 Å². The van der Waals surface area contributed by atoms with Crippen LogP contribution in [0.25, 0.3) is 0 Å². The molecule has 5 heteroatoms. The second-order valence-corrected chi connectivity index (χ2v) is 5.55. The Kier molecular flexibility index (Phi) is 5.12. The lowest BCUT2D eigenvalue weighted by Gasteiger charge is -2.09. The standard InChI is InChI=1S/C15H17NO3S/c1-2-11-5-3-4-6-13(11)19-8-7-14-16-10-12(20-14)9-15(17)18/h3-6,10H,2,7-9H2,1H3,(H,17,18). The number of aryl methyl sites for hydroxylation is 1. The number of nitrogens with zero attached hydrogens (tertiary/aromatic N) is 1. The van der Waals surface area contributed by atoms with E-state index in [4.69, 9.17) is 9.84 Å². The smallest absolute Gasteiger partial charge is 0.308 e. The maximum atomic E-state index is 10.6. The van der Waals surface area contributed by atoms with E-state index in [9.17, 15) is 4.79 Å². The van der Waals surface area contributed by atoms with E-state index >= 15 is 0 Å². The van der Waals surface area contributed by atoms with Gasteiger partial charge < -0.3 is 9.84 Å². The summed E-state index contributed by atoms with van der Waals surface area (Å²) in [6.07, 6.45) is 3.31. The zero-order valence-electron chi connectivity index (χ0n) is 11.3. The van der Waals surface area contributed by atoms with Crippen molar-refractivity contribution < 1.29 is 14.6 Å². The van der Waals surface area contributed by atoms with E-state index < -0.39 is 5.97 Å². The maximum Gasteiger partial charge on any atom is 0.308 e.